The Hall–Kier alpha value is -2.28. The number of hydrogen-bond donors (Lipinski definition) is 1. The van der Waals surface area contributed by atoms with Crippen molar-refractivity contribution in [2.75, 3.05) is 13.1 Å². The van der Waals surface area contributed by atoms with Gasteiger partial charge in [0.1, 0.15) is 11.9 Å². The average Bonchev–Trinajstić information content (AvgIpc) is 3.43. The van der Waals surface area contributed by atoms with Gasteiger partial charge in [-0.1, -0.05) is 0 Å². The van der Waals surface area contributed by atoms with E-state index in [0.717, 1.165) is 50.3 Å². The first kappa shape index (κ1) is 16.2. The van der Waals surface area contributed by atoms with Crippen LogP contribution in [0.1, 0.15) is 43.1 Å². The molecule has 1 aliphatic heterocycles. The lowest BCUT2D eigenvalue weighted by Crippen LogP contribution is -2.38. The molecule has 2 fully saturated rings. The maximum Gasteiger partial charge on any atom is 0.251 e. The van der Waals surface area contributed by atoms with Crippen LogP contribution in [0.25, 0.3) is 0 Å². The van der Waals surface area contributed by atoms with Crippen molar-refractivity contribution < 1.29 is 9.13 Å². The normalized spacial score (nSPS) is 19.1. The van der Waals surface area contributed by atoms with Gasteiger partial charge in [0.05, 0.1) is 5.69 Å². The summed E-state index contributed by atoms with van der Waals surface area (Å²) in [5, 5.41) is 0. The lowest BCUT2D eigenvalue weighted by molar-refractivity contribution is 0.0889. The maximum atomic E-state index is 13.6. The topological polar surface area (TPSA) is 71.1 Å². The Balaban J connectivity index is 1.33. The molecule has 2 aliphatic rings. The molecule has 7 heteroatoms. The zero-order valence-electron chi connectivity index (χ0n) is 13.9. The minimum Gasteiger partial charge on any atom is -0.472 e. The van der Waals surface area contributed by atoms with Crippen molar-refractivity contribution in [3.05, 3.63) is 52.1 Å². The van der Waals surface area contributed by atoms with E-state index in [1.54, 1.807) is 12.1 Å². The molecule has 0 radical (unpaired) electrons. The average molecular weight is 344 g/mol. The number of rotatable bonds is 5. The van der Waals surface area contributed by atoms with Crippen LogP contribution in [-0.2, 0) is 6.54 Å². The quantitative estimate of drug-likeness (QED) is 0.901. The van der Waals surface area contributed by atoms with Crippen LogP contribution in [0.4, 0.5) is 4.39 Å². The molecule has 0 unspecified atom stereocenters. The van der Waals surface area contributed by atoms with Gasteiger partial charge < -0.3 is 9.72 Å². The van der Waals surface area contributed by atoms with E-state index in [1.807, 2.05) is 0 Å². The molecule has 2 aromatic rings. The number of aromatic nitrogens is 3. The van der Waals surface area contributed by atoms with Crippen LogP contribution in [0.15, 0.2) is 29.2 Å². The summed E-state index contributed by atoms with van der Waals surface area (Å²) in [4.78, 5) is 25.4. The molecule has 0 atom stereocenters. The van der Waals surface area contributed by atoms with Crippen LogP contribution < -0.4 is 10.3 Å². The summed E-state index contributed by atoms with van der Waals surface area (Å²) in [6.45, 7) is 2.31. The number of ether oxygens (including phenoxy) is 1. The molecule has 3 heterocycles. The molecule has 0 spiro atoms. The number of H-pyrrole nitrogens is 1. The standard InChI is InChI=1S/C18H21FN4O2/c19-15-2-1-7-20-18(15)25-14-5-8-23(9-6-14)11-13-10-16(24)22-17(21-13)12-3-4-12/h1-2,7,10,12,14H,3-6,8-9,11H2,(H,21,22,24). The van der Waals surface area contributed by atoms with Gasteiger partial charge in [0.2, 0.25) is 0 Å². The van der Waals surface area contributed by atoms with Crippen molar-refractivity contribution in [2.45, 2.75) is 44.2 Å². The summed E-state index contributed by atoms with van der Waals surface area (Å²) in [5.74, 6) is 0.905. The van der Waals surface area contributed by atoms with Gasteiger partial charge in [0, 0.05) is 37.8 Å². The second kappa shape index (κ2) is 6.92. The van der Waals surface area contributed by atoms with Gasteiger partial charge >= 0.3 is 0 Å². The molecule has 1 N–H and O–H groups in total. The van der Waals surface area contributed by atoms with E-state index in [-0.39, 0.29) is 17.5 Å². The third-order valence-corrected chi connectivity index (χ3v) is 4.70. The van der Waals surface area contributed by atoms with Crippen LogP contribution >= 0.6 is 0 Å². The molecule has 1 aliphatic carbocycles. The Labute approximate surface area is 145 Å². The van der Waals surface area contributed by atoms with Gasteiger partial charge in [-0.2, -0.15) is 0 Å². The summed E-state index contributed by atoms with van der Waals surface area (Å²) in [6.07, 6.45) is 5.32. The van der Waals surface area contributed by atoms with E-state index >= 15 is 0 Å². The van der Waals surface area contributed by atoms with Gasteiger partial charge in [0.15, 0.2) is 5.82 Å². The van der Waals surface area contributed by atoms with E-state index in [0.29, 0.717) is 12.5 Å². The lowest BCUT2D eigenvalue weighted by atomic mass is 10.1. The third-order valence-electron chi connectivity index (χ3n) is 4.70. The number of pyridine rings is 1. The fourth-order valence-electron chi connectivity index (χ4n) is 3.19. The summed E-state index contributed by atoms with van der Waals surface area (Å²) in [5.41, 5.74) is 0.747. The van der Waals surface area contributed by atoms with Gasteiger partial charge in [-0.25, -0.2) is 14.4 Å². The molecule has 0 amide bonds. The van der Waals surface area contributed by atoms with Crippen molar-refractivity contribution in [3.8, 4) is 5.88 Å². The fourth-order valence-corrected chi connectivity index (χ4v) is 3.19. The molecule has 1 saturated heterocycles. The SMILES string of the molecule is O=c1cc(CN2CCC(Oc3ncccc3F)CC2)nc(C2CC2)[nH]1. The van der Waals surface area contributed by atoms with Crippen LogP contribution in [0.2, 0.25) is 0 Å². The van der Waals surface area contributed by atoms with Gasteiger partial charge in [-0.15, -0.1) is 0 Å². The highest BCUT2D eigenvalue weighted by Gasteiger charge is 2.27. The monoisotopic (exact) mass is 344 g/mol. The Morgan fingerprint density at radius 2 is 2.08 bits per heavy atom. The van der Waals surface area contributed by atoms with Gasteiger partial charge in [-0.05, 0) is 37.8 Å². The summed E-state index contributed by atoms with van der Waals surface area (Å²) in [6, 6.07) is 4.49. The Morgan fingerprint density at radius 1 is 1.28 bits per heavy atom. The van der Waals surface area contributed by atoms with Crippen molar-refractivity contribution in [1.29, 1.82) is 0 Å². The number of nitrogens with zero attached hydrogens (tertiary/aromatic N) is 3. The Morgan fingerprint density at radius 3 is 2.80 bits per heavy atom. The molecule has 4 rings (SSSR count). The maximum absolute atomic E-state index is 13.6. The van der Waals surface area contributed by atoms with Crippen molar-refractivity contribution in [2.24, 2.45) is 0 Å². The highest BCUT2D eigenvalue weighted by molar-refractivity contribution is 5.13. The largest absolute Gasteiger partial charge is 0.472 e. The molecule has 1 saturated carbocycles. The predicted molar refractivity (Wildman–Crippen MR) is 90.0 cm³/mol. The molecule has 2 aromatic heterocycles. The number of hydrogen-bond acceptors (Lipinski definition) is 5. The second-order valence-corrected chi connectivity index (χ2v) is 6.78. The highest BCUT2D eigenvalue weighted by Crippen LogP contribution is 2.37. The molecule has 132 valence electrons. The summed E-state index contributed by atoms with van der Waals surface area (Å²) >= 11 is 0. The number of piperidine rings is 1. The number of likely N-dealkylation sites (tertiary alicyclic amines) is 1. The van der Waals surface area contributed by atoms with Crippen LogP contribution in [0, 0.1) is 5.82 Å². The zero-order valence-corrected chi connectivity index (χ0v) is 13.9. The number of halogens is 1. The first-order chi connectivity index (χ1) is 12.2. The molecule has 0 bridgehead atoms. The zero-order chi connectivity index (χ0) is 17.2. The lowest BCUT2D eigenvalue weighted by Gasteiger charge is -2.31. The van der Waals surface area contributed by atoms with Crippen molar-refractivity contribution >= 4 is 0 Å². The Bertz CT molecular complexity index is 798. The number of aromatic amines is 1. The van der Waals surface area contributed by atoms with Crippen molar-refractivity contribution in [1.82, 2.24) is 19.9 Å². The Kier molecular flexibility index (Phi) is 4.48. The molecule has 0 aromatic carbocycles. The van der Waals surface area contributed by atoms with E-state index in [9.17, 15) is 9.18 Å². The summed E-state index contributed by atoms with van der Waals surface area (Å²) < 4.78 is 19.3. The minimum atomic E-state index is -0.426. The third kappa shape index (κ3) is 4.04. The van der Waals surface area contributed by atoms with Crippen LogP contribution in [0.3, 0.4) is 0 Å². The second-order valence-electron chi connectivity index (χ2n) is 6.78. The van der Waals surface area contributed by atoms with Crippen molar-refractivity contribution in [3.63, 3.8) is 0 Å². The fraction of sp³-hybridized carbons (Fsp3) is 0.500. The summed E-state index contributed by atoms with van der Waals surface area (Å²) in [7, 11) is 0. The first-order valence-electron chi connectivity index (χ1n) is 8.77. The van der Waals surface area contributed by atoms with Gasteiger partial charge in [0.25, 0.3) is 11.4 Å². The molecular weight excluding hydrogens is 323 g/mol. The minimum absolute atomic E-state index is 0.0326. The van der Waals surface area contributed by atoms with E-state index < -0.39 is 5.82 Å². The van der Waals surface area contributed by atoms with E-state index in [1.165, 1.54) is 12.3 Å². The highest BCUT2D eigenvalue weighted by atomic mass is 19.1. The first-order valence-corrected chi connectivity index (χ1v) is 8.77. The number of nitrogens with one attached hydrogen (secondary N) is 1. The predicted octanol–water partition coefficient (Wildman–Crippen LogP) is 2.22. The van der Waals surface area contributed by atoms with Crippen LogP contribution in [-0.4, -0.2) is 39.0 Å². The van der Waals surface area contributed by atoms with Gasteiger partial charge in [-0.3, -0.25) is 9.69 Å². The molecule has 6 nitrogen and oxygen atoms in total. The van der Waals surface area contributed by atoms with E-state index in [4.69, 9.17) is 4.74 Å². The van der Waals surface area contributed by atoms with E-state index in [2.05, 4.69) is 19.9 Å². The smallest absolute Gasteiger partial charge is 0.251 e. The molecular formula is C18H21FN4O2. The van der Waals surface area contributed by atoms with Crippen LogP contribution in [0.5, 0.6) is 5.88 Å². The molecule has 25 heavy (non-hydrogen) atoms.